The first-order valence-electron chi connectivity index (χ1n) is 10.4. The SMILES string of the molecule is Cl.FC(F)(F)c1cccc(-n2nc(OCCCN3CCCCCC3)c3cccnc32)c1. The molecular formula is C22H26ClF3N4O. The Labute approximate surface area is 185 Å². The second-order valence-corrected chi connectivity index (χ2v) is 7.60. The number of ether oxygens (including phenoxy) is 1. The van der Waals surface area contributed by atoms with E-state index in [0.717, 1.165) is 38.2 Å². The molecule has 0 amide bonds. The molecule has 1 aliphatic heterocycles. The smallest absolute Gasteiger partial charge is 0.416 e. The Morgan fingerprint density at radius 3 is 2.52 bits per heavy atom. The fraction of sp³-hybridized carbons (Fsp3) is 0.455. The van der Waals surface area contributed by atoms with Crippen LogP contribution in [0, 0.1) is 0 Å². The molecule has 1 fully saturated rings. The lowest BCUT2D eigenvalue weighted by Gasteiger charge is -2.19. The van der Waals surface area contributed by atoms with Crippen LogP contribution in [-0.2, 0) is 6.18 Å². The third-order valence-corrected chi connectivity index (χ3v) is 5.38. The number of fused-ring (bicyclic) bond motifs is 1. The molecule has 0 N–H and O–H groups in total. The standard InChI is InChI=1S/C22H25F3N4O.ClH/c23-22(24,25)17-8-5-9-18(16-17)29-20-19(10-6-11-26-20)21(27-29)30-15-7-14-28-12-3-1-2-4-13-28;/h5-6,8-11,16H,1-4,7,12-15H2;1H. The fourth-order valence-corrected chi connectivity index (χ4v) is 3.84. The van der Waals surface area contributed by atoms with E-state index in [1.807, 2.05) is 6.07 Å². The number of alkyl halides is 3. The van der Waals surface area contributed by atoms with Crippen LogP contribution in [0.15, 0.2) is 42.6 Å². The van der Waals surface area contributed by atoms with E-state index in [-0.39, 0.29) is 12.4 Å². The van der Waals surface area contributed by atoms with Gasteiger partial charge in [0.2, 0.25) is 5.88 Å². The molecule has 0 bridgehead atoms. The summed E-state index contributed by atoms with van der Waals surface area (Å²) in [6.45, 7) is 3.75. The molecule has 3 heterocycles. The monoisotopic (exact) mass is 454 g/mol. The molecule has 1 aromatic carbocycles. The average molecular weight is 455 g/mol. The zero-order chi connectivity index (χ0) is 21.0. The lowest BCUT2D eigenvalue weighted by molar-refractivity contribution is -0.137. The third kappa shape index (κ3) is 5.68. The Morgan fingerprint density at radius 2 is 1.77 bits per heavy atom. The number of halogens is 4. The second kappa shape index (κ2) is 10.3. The summed E-state index contributed by atoms with van der Waals surface area (Å²) in [5, 5.41) is 5.12. The van der Waals surface area contributed by atoms with Gasteiger partial charge < -0.3 is 9.64 Å². The minimum atomic E-state index is -4.42. The number of likely N-dealkylation sites (tertiary alicyclic amines) is 1. The average Bonchev–Trinajstić information content (AvgIpc) is 2.91. The van der Waals surface area contributed by atoms with Crippen molar-refractivity contribution in [1.29, 1.82) is 0 Å². The van der Waals surface area contributed by atoms with Gasteiger partial charge >= 0.3 is 6.18 Å². The Balaban J connectivity index is 0.00000272. The van der Waals surface area contributed by atoms with Crippen molar-refractivity contribution in [3.05, 3.63) is 48.2 Å². The van der Waals surface area contributed by atoms with Crippen molar-refractivity contribution in [3.8, 4) is 11.6 Å². The molecule has 9 heteroatoms. The Bertz CT molecular complexity index is 984. The van der Waals surface area contributed by atoms with Gasteiger partial charge in [-0.15, -0.1) is 17.5 Å². The van der Waals surface area contributed by atoms with Gasteiger partial charge in [0.1, 0.15) is 0 Å². The summed E-state index contributed by atoms with van der Waals surface area (Å²) in [6.07, 6.45) is 3.16. The normalized spacial score (nSPS) is 15.5. The molecule has 3 aromatic rings. The van der Waals surface area contributed by atoms with E-state index in [9.17, 15) is 13.2 Å². The first-order chi connectivity index (χ1) is 14.5. The largest absolute Gasteiger partial charge is 0.476 e. The second-order valence-electron chi connectivity index (χ2n) is 7.60. The predicted molar refractivity (Wildman–Crippen MR) is 116 cm³/mol. The van der Waals surface area contributed by atoms with Crippen molar-refractivity contribution in [3.63, 3.8) is 0 Å². The van der Waals surface area contributed by atoms with E-state index < -0.39 is 11.7 Å². The van der Waals surface area contributed by atoms with Gasteiger partial charge in [-0.05, 0) is 62.7 Å². The molecule has 31 heavy (non-hydrogen) atoms. The topological polar surface area (TPSA) is 43.2 Å². The van der Waals surface area contributed by atoms with Crippen LogP contribution in [0.2, 0.25) is 0 Å². The van der Waals surface area contributed by atoms with Crippen LogP contribution in [0.1, 0.15) is 37.7 Å². The third-order valence-electron chi connectivity index (χ3n) is 5.38. The maximum absolute atomic E-state index is 13.1. The van der Waals surface area contributed by atoms with Gasteiger partial charge in [0.05, 0.1) is 23.2 Å². The summed E-state index contributed by atoms with van der Waals surface area (Å²) in [6, 6.07) is 8.66. The van der Waals surface area contributed by atoms with Crippen molar-refractivity contribution in [2.45, 2.75) is 38.3 Å². The maximum Gasteiger partial charge on any atom is 0.416 e. The van der Waals surface area contributed by atoms with Gasteiger partial charge in [0.25, 0.3) is 0 Å². The minimum absolute atomic E-state index is 0. The predicted octanol–water partition coefficient (Wildman–Crippen LogP) is 5.51. The first kappa shape index (κ1) is 23.3. The molecule has 168 valence electrons. The van der Waals surface area contributed by atoms with Crippen LogP contribution in [0.4, 0.5) is 13.2 Å². The van der Waals surface area contributed by atoms with Crippen LogP contribution >= 0.6 is 12.4 Å². The van der Waals surface area contributed by atoms with Crippen molar-refractivity contribution in [2.24, 2.45) is 0 Å². The van der Waals surface area contributed by atoms with E-state index in [2.05, 4.69) is 15.0 Å². The molecule has 0 radical (unpaired) electrons. The molecule has 1 aliphatic rings. The van der Waals surface area contributed by atoms with Crippen LogP contribution < -0.4 is 4.74 Å². The molecule has 0 spiro atoms. The zero-order valence-corrected chi connectivity index (χ0v) is 18.0. The number of nitrogens with zero attached hydrogens (tertiary/aromatic N) is 4. The lowest BCUT2D eigenvalue weighted by atomic mass is 10.2. The molecule has 0 aliphatic carbocycles. The number of hydrogen-bond acceptors (Lipinski definition) is 4. The van der Waals surface area contributed by atoms with Crippen LogP contribution in [0.5, 0.6) is 5.88 Å². The summed E-state index contributed by atoms with van der Waals surface area (Å²) >= 11 is 0. The number of aromatic nitrogens is 3. The van der Waals surface area contributed by atoms with Crippen LogP contribution in [-0.4, -0.2) is 45.9 Å². The molecule has 2 aromatic heterocycles. The van der Waals surface area contributed by atoms with Crippen molar-refractivity contribution in [1.82, 2.24) is 19.7 Å². The molecule has 0 atom stereocenters. The number of rotatable bonds is 6. The number of benzene rings is 1. The Hall–Kier alpha value is -2.32. The molecule has 4 rings (SSSR count). The summed E-state index contributed by atoms with van der Waals surface area (Å²) in [4.78, 5) is 6.78. The van der Waals surface area contributed by atoms with Crippen LogP contribution in [0.3, 0.4) is 0 Å². The minimum Gasteiger partial charge on any atom is -0.476 e. The van der Waals surface area contributed by atoms with Gasteiger partial charge in [0, 0.05) is 12.7 Å². The van der Waals surface area contributed by atoms with E-state index >= 15 is 0 Å². The molecule has 0 saturated carbocycles. The van der Waals surface area contributed by atoms with E-state index in [4.69, 9.17) is 4.74 Å². The van der Waals surface area contributed by atoms with Crippen molar-refractivity contribution in [2.75, 3.05) is 26.2 Å². The summed E-state index contributed by atoms with van der Waals surface area (Å²) in [7, 11) is 0. The van der Waals surface area contributed by atoms with Gasteiger partial charge in [-0.2, -0.15) is 13.2 Å². The molecule has 0 unspecified atom stereocenters. The fourth-order valence-electron chi connectivity index (χ4n) is 3.84. The molecule has 1 saturated heterocycles. The van der Waals surface area contributed by atoms with Crippen LogP contribution in [0.25, 0.3) is 16.7 Å². The van der Waals surface area contributed by atoms with Gasteiger partial charge in [-0.3, -0.25) is 0 Å². The molecule has 5 nitrogen and oxygen atoms in total. The maximum atomic E-state index is 13.1. The quantitative estimate of drug-likeness (QED) is 0.461. The Morgan fingerprint density at radius 1 is 1.00 bits per heavy atom. The highest BCUT2D eigenvalue weighted by Crippen LogP contribution is 2.32. The number of hydrogen-bond donors (Lipinski definition) is 0. The van der Waals surface area contributed by atoms with Crippen molar-refractivity contribution >= 4 is 23.4 Å². The summed E-state index contributed by atoms with van der Waals surface area (Å²) in [5.41, 5.74) is 0.0479. The lowest BCUT2D eigenvalue weighted by Crippen LogP contribution is -2.26. The van der Waals surface area contributed by atoms with E-state index in [1.54, 1.807) is 18.3 Å². The highest BCUT2D eigenvalue weighted by atomic mass is 35.5. The highest BCUT2D eigenvalue weighted by molar-refractivity contribution is 5.85. The zero-order valence-electron chi connectivity index (χ0n) is 17.1. The highest BCUT2D eigenvalue weighted by Gasteiger charge is 2.30. The van der Waals surface area contributed by atoms with Gasteiger partial charge in [-0.1, -0.05) is 18.9 Å². The molecular weight excluding hydrogens is 429 g/mol. The van der Waals surface area contributed by atoms with E-state index in [0.29, 0.717) is 29.2 Å². The number of pyridine rings is 1. The Kier molecular flexibility index (Phi) is 7.78. The van der Waals surface area contributed by atoms with Gasteiger partial charge in [-0.25, -0.2) is 9.67 Å². The first-order valence-corrected chi connectivity index (χ1v) is 10.4. The van der Waals surface area contributed by atoms with E-state index in [1.165, 1.54) is 36.4 Å². The van der Waals surface area contributed by atoms with Crippen molar-refractivity contribution < 1.29 is 17.9 Å². The summed E-state index contributed by atoms with van der Waals surface area (Å²) in [5.74, 6) is 0.395. The van der Waals surface area contributed by atoms with Gasteiger partial charge in [0.15, 0.2) is 5.65 Å². The summed E-state index contributed by atoms with van der Waals surface area (Å²) < 4.78 is 46.7.